The molecule has 19 heavy (non-hydrogen) atoms. The summed E-state index contributed by atoms with van der Waals surface area (Å²) in [6, 6.07) is 3.62. The lowest BCUT2D eigenvalue weighted by atomic mass is 10.0. The van der Waals surface area contributed by atoms with E-state index in [0.29, 0.717) is 22.5 Å². The molecular formula is C14H19N3O2. The number of carbonyl (C=O) groups excluding carboxylic acids is 1. The first-order chi connectivity index (χ1) is 9.12. The van der Waals surface area contributed by atoms with E-state index < -0.39 is 0 Å². The van der Waals surface area contributed by atoms with E-state index in [9.17, 15) is 4.79 Å². The van der Waals surface area contributed by atoms with Crippen LogP contribution in [0.5, 0.6) is 5.75 Å². The lowest BCUT2D eigenvalue weighted by Crippen LogP contribution is -2.25. The summed E-state index contributed by atoms with van der Waals surface area (Å²) in [7, 11) is 0. The first-order valence-electron chi connectivity index (χ1n) is 6.72. The van der Waals surface area contributed by atoms with Gasteiger partial charge in [0.25, 0.3) is 5.91 Å². The normalized spacial score (nSPS) is 19.1. The number of nitrogen functional groups attached to an aromatic ring is 1. The molecule has 2 aliphatic rings. The maximum Gasteiger partial charge on any atom is 0.262 e. The van der Waals surface area contributed by atoms with E-state index in [1.165, 1.54) is 19.3 Å². The number of nitrogens with one attached hydrogen (secondary N) is 2. The molecule has 1 heterocycles. The molecule has 3 rings (SSSR count). The third kappa shape index (κ3) is 2.32. The van der Waals surface area contributed by atoms with Crippen LogP contribution in [-0.2, 0) is 4.79 Å². The molecule has 1 aliphatic carbocycles. The fourth-order valence-corrected chi connectivity index (χ4v) is 2.41. The number of amides is 1. The summed E-state index contributed by atoms with van der Waals surface area (Å²) in [5.41, 5.74) is 8.67. The Morgan fingerprint density at radius 3 is 2.95 bits per heavy atom. The Kier molecular flexibility index (Phi) is 2.77. The molecule has 0 unspecified atom stereocenters. The van der Waals surface area contributed by atoms with E-state index in [4.69, 9.17) is 10.5 Å². The summed E-state index contributed by atoms with van der Waals surface area (Å²) in [6.07, 6.45) is 3.74. The number of fused-ring (bicyclic) bond motifs is 1. The molecule has 5 heteroatoms. The zero-order valence-corrected chi connectivity index (χ0v) is 11.1. The van der Waals surface area contributed by atoms with E-state index in [2.05, 4.69) is 17.6 Å². The van der Waals surface area contributed by atoms with Gasteiger partial charge in [-0.2, -0.15) is 0 Å². The van der Waals surface area contributed by atoms with Gasteiger partial charge >= 0.3 is 0 Å². The zero-order valence-electron chi connectivity index (χ0n) is 11.1. The fraction of sp³-hybridized carbons (Fsp3) is 0.500. The van der Waals surface area contributed by atoms with Crippen LogP contribution < -0.4 is 21.1 Å². The van der Waals surface area contributed by atoms with Gasteiger partial charge in [0.1, 0.15) is 5.75 Å². The van der Waals surface area contributed by atoms with Crippen LogP contribution in [-0.4, -0.2) is 19.1 Å². The van der Waals surface area contributed by atoms with Crippen molar-refractivity contribution in [1.29, 1.82) is 0 Å². The predicted octanol–water partition coefficient (Wildman–Crippen LogP) is 2.20. The average molecular weight is 261 g/mol. The molecule has 5 nitrogen and oxygen atoms in total. The van der Waals surface area contributed by atoms with Crippen molar-refractivity contribution in [2.24, 2.45) is 5.41 Å². The standard InChI is InChI=1S/C14H19N3O2/c1-2-14(3-4-14)8-16-10-6-11-12(5-9(10)15)19-7-13(18)17-11/h5-6,16H,2-4,7-8,15H2,1H3,(H,17,18). The Bertz CT molecular complexity index is 524. The van der Waals surface area contributed by atoms with Crippen LogP contribution in [0.25, 0.3) is 0 Å². The van der Waals surface area contributed by atoms with E-state index in [0.717, 1.165) is 12.2 Å². The van der Waals surface area contributed by atoms with Crippen LogP contribution in [0.15, 0.2) is 12.1 Å². The van der Waals surface area contributed by atoms with Gasteiger partial charge in [0, 0.05) is 12.6 Å². The quantitative estimate of drug-likeness (QED) is 0.726. The molecule has 4 N–H and O–H groups in total. The summed E-state index contributed by atoms with van der Waals surface area (Å²) < 4.78 is 5.33. The largest absolute Gasteiger partial charge is 0.482 e. The molecule has 0 radical (unpaired) electrons. The van der Waals surface area contributed by atoms with Crippen LogP contribution in [0.1, 0.15) is 26.2 Å². The zero-order chi connectivity index (χ0) is 13.5. The van der Waals surface area contributed by atoms with E-state index >= 15 is 0 Å². The summed E-state index contributed by atoms with van der Waals surface area (Å²) in [5.74, 6) is 0.509. The first-order valence-corrected chi connectivity index (χ1v) is 6.72. The highest BCUT2D eigenvalue weighted by Gasteiger charge is 2.40. The number of benzene rings is 1. The topological polar surface area (TPSA) is 76.4 Å². The van der Waals surface area contributed by atoms with Crippen molar-refractivity contribution in [3.05, 3.63) is 12.1 Å². The Morgan fingerprint density at radius 1 is 1.47 bits per heavy atom. The highest BCUT2D eigenvalue weighted by Crippen LogP contribution is 2.48. The molecule has 1 aromatic carbocycles. The summed E-state index contributed by atoms with van der Waals surface area (Å²) in [6.45, 7) is 3.21. The molecular weight excluding hydrogens is 242 g/mol. The second-order valence-electron chi connectivity index (χ2n) is 5.48. The van der Waals surface area contributed by atoms with Crippen molar-refractivity contribution in [3.8, 4) is 5.75 Å². The lowest BCUT2D eigenvalue weighted by molar-refractivity contribution is -0.118. The summed E-state index contributed by atoms with van der Waals surface area (Å²) >= 11 is 0. The SMILES string of the molecule is CCC1(CNc2cc3c(cc2N)OCC(=O)N3)CC1. The van der Waals surface area contributed by atoms with Crippen molar-refractivity contribution < 1.29 is 9.53 Å². The fourth-order valence-electron chi connectivity index (χ4n) is 2.41. The third-order valence-corrected chi connectivity index (χ3v) is 4.15. The van der Waals surface area contributed by atoms with Crippen molar-refractivity contribution in [2.75, 3.05) is 29.5 Å². The van der Waals surface area contributed by atoms with E-state index in [1.807, 2.05) is 6.07 Å². The third-order valence-electron chi connectivity index (χ3n) is 4.15. The molecule has 0 aromatic heterocycles. The van der Waals surface area contributed by atoms with Gasteiger partial charge in [0.15, 0.2) is 6.61 Å². The molecule has 0 saturated heterocycles. The predicted molar refractivity (Wildman–Crippen MR) is 75.4 cm³/mol. The van der Waals surface area contributed by atoms with Crippen LogP contribution in [0.3, 0.4) is 0 Å². The van der Waals surface area contributed by atoms with Gasteiger partial charge in [-0.3, -0.25) is 4.79 Å². The number of nitrogens with two attached hydrogens (primary N) is 1. The minimum atomic E-state index is -0.129. The maximum atomic E-state index is 11.3. The monoisotopic (exact) mass is 261 g/mol. The minimum Gasteiger partial charge on any atom is -0.482 e. The Balaban J connectivity index is 1.78. The number of rotatable bonds is 4. The summed E-state index contributed by atoms with van der Waals surface area (Å²) in [5, 5.41) is 6.19. The second kappa shape index (κ2) is 4.33. The van der Waals surface area contributed by atoms with Crippen LogP contribution in [0, 0.1) is 5.41 Å². The number of ether oxygens (including phenoxy) is 1. The number of carbonyl (C=O) groups is 1. The van der Waals surface area contributed by atoms with Crippen molar-refractivity contribution in [3.63, 3.8) is 0 Å². The van der Waals surface area contributed by atoms with Crippen molar-refractivity contribution in [2.45, 2.75) is 26.2 Å². The van der Waals surface area contributed by atoms with Gasteiger partial charge < -0.3 is 21.1 Å². The molecule has 0 bridgehead atoms. The molecule has 0 atom stereocenters. The molecule has 1 amide bonds. The smallest absolute Gasteiger partial charge is 0.262 e. The molecule has 102 valence electrons. The van der Waals surface area contributed by atoms with Crippen LogP contribution >= 0.6 is 0 Å². The van der Waals surface area contributed by atoms with Crippen LogP contribution in [0.4, 0.5) is 17.1 Å². The van der Waals surface area contributed by atoms with Gasteiger partial charge in [0.2, 0.25) is 0 Å². The summed E-state index contributed by atoms with van der Waals surface area (Å²) in [4.78, 5) is 11.3. The molecule has 1 fully saturated rings. The lowest BCUT2D eigenvalue weighted by Gasteiger charge is -2.21. The second-order valence-corrected chi connectivity index (χ2v) is 5.48. The Labute approximate surface area is 112 Å². The van der Waals surface area contributed by atoms with Gasteiger partial charge in [-0.25, -0.2) is 0 Å². The Hall–Kier alpha value is -1.91. The molecule has 0 spiro atoms. The highest BCUT2D eigenvalue weighted by atomic mass is 16.5. The van der Waals surface area contributed by atoms with Gasteiger partial charge in [-0.15, -0.1) is 0 Å². The van der Waals surface area contributed by atoms with Gasteiger partial charge in [-0.05, 0) is 30.7 Å². The average Bonchev–Trinajstić information content (AvgIpc) is 3.17. The highest BCUT2D eigenvalue weighted by molar-refractivity contribution is 5.97. The molecule has 1 aromatic rings. The Morgan fingerprint density at radius 2 is 2.26 bits per heavy atom. The number of hydrogen-bond acceptors (Lipinski definition) is 4. The van der Waals surface area contributed by atoms with Gasteiger partial charge in [-0.1, -0.05) is 6.92 Å². The number of anilines is 3. The van der Waals surface area contributed by atoms with Crippen molar-refractivity contribution >= 4 is 23.0 Å². The van der Waals surface area contributed by atoms with E-state index in [1.54, 1.807) is 6.07 Å². The minimum absolute atomic E-state index is 0.0537. The van der Waals surface area contributed by atoms with Gasteiger partial charge in [0.05, 0.1) is 17.1 Å². The number of hydrogen-bond donors (Lipinski definition) is 3. The first kappa shape index (κ1) is 12.1. The molecule has 1 aliphatic heterocycles. The molecule has 1 saturated carbocycles. The van der Waals surface area contributed by atoms with E-state index in [-0.39, 0.29) is 12.5 Å². The van der Waals surface area contributed by atoms with Crippen LogP contribution in [0.2, 0.25) is 0 Å². The maximum absolute atomic E-state index is 11.3. The van der Waals surface area contributed by atoms with Crippen molar-refractivity contribution in [1.82, 2.24) is 0 Å².